The number of thiazole rings is 1. The van der Waals surface area contributed by atoms with Crippen LogP contribution in [0.2, 0.25) is 5.15 Å². The number of halogens is 1. The van der Waals surface area contributed by atoms with Crippen LogP contribution < -0.4 is 5.32 Å². The monoisotopic (exact) mass is 290 g/mol. The molecule has 0 aliphatic heterocycles. The molecule has 7 heteroatoms. The number of nitrogens with one attached hydrogen (secondary N) is 1. The molecule has 1 aromatic carbocycles. The molecule has 1 N–H and O–H groups in total. The van der Waals surface area contributed by atoms with E-state index in [4.69, 9.17) is 11.6 Å². The fourth-order valence-corrected chi connectivity index (χ4v) is 2.27. The summed E-state index contributed by atoms with van der Waals surface area (Å²) in [6, 6.07) is 7.30. The van der Waals surface area contributed by atoms with Gasteiger partial charge in [-0.15, -0.1) is 11.3 Å². The molecule has 5 nitrogen and oxygen atoms in total. The molecule has 0 unspecified atom stereocenters. The molecule has 0 fully saturated rings. The second-order valence-electron chi connectivity index (χ2n) is 3.68. The third kappa shape index (κ3) is 2.40. The van der Waals surface area contributed by atoms with Crippen molar-refractivity contribution in [2.45, 2.75) is 0 Å². The second kappa shape index (κ2) is 4.91. The Morgan fingerprint density at radius 1 is 1.21 bits per heavy atom. The highest BCUT2D eigenvalue weighted by atomic mass is 35.5. The van der Waals surface area contributed by atoms with E-state index >= 15 is 0 Å². The molecule has 0 radical (unpaired) electrons. The van der Waals surface area contributed by atoms with Crippen LogP contribution in [0.15, 0.2) is 35.2 Å². The van der Waals surface area contributed by atoms with E-state index in [2.05, 4.69) is 20.3 Å². The molecule has 19 heavy (non-hydrogen) atoms. The first kappa shape index (κ1) is 12.0. The average Bonchev–Trinajstić information content (AvgIpc) is 2.93. The Morgan fingerprint density at radius 2 is 1.95 bits per heavy atom. The molecule has 1 amide bonds. The van der Waals surface area contributed by atoms with Crippen molar-refractivity contribution >= 4 is 45.7 Å². The minimum Gasteiger partial charge on any atom is -0.303 e. The summed E-state index contributed by atoms with van der Waals surface area (Å²) in [5, 5.41) is 4.41. The van der Waals surface area contributed by atoms with E-state index in [1.807, 2.05) is 12.1 Å². The predicted octanol–water partition coefficient (Wildman–Crippen LogP) is 2.99. The van der Waals surface area contributed by atoms with Crippen LogP contribution in [0.3, 0.4) is 0 Å². The number of rotatable bonds is 2. The molecule has 3 rings (SSSR count). The van der Waals surface area contributed by atoms with Gasteiger partial charge < -0.3 is 5.32 Å². The van der Waals surface area contributed by atoms with Gasteiger partial charge in [0.2, 0.25) is 0 Å². The lowest BCUT2D eigenvalue weighted by atomic mass is 10.3. The largest absolute Gasteiger partial charge is 0.303 e. The maximum absolute atomic E-state index is 11.9. The molecule has 0 saturated carbocycles. The first-order valence-corrected chi connectivity index (χ1v) is 6.68. The number of nitrogens with zero attached hydrogens (tertiary/aromatic N) is 3. The predicted molar refractivity (Wildman–Crippen MR) is 74.6 cm³/mol. The normalized spacial score (nSPS) is 10.6. The van der Waals surface area contributed by atoms with E-state index in [9.17, 15) is 4.79 Å². The molecule has 0 bridgehead atoms. The number of anilines is 1. The van der Waals surface area contributed by atoms with Crippen LogP contribution in [-0.4, -0.2) is 20.9 Å². The lowest BCUT2D eigenvalue weighted by Gasteiger charge is -2.05. The van der Waals surface area contributed by atoms with E-state index in [1.54, 1.807) is 23.0 Å². The summed E-state index contributed by atoms with van der Waals surface area (Å²) in [6.45, 7) is 0. The number of hydrogen-bond acceptors (Lipinski definition) is 5. The second-order valence-corrected chi connectivity index (χ2v) is 4.76. The fourth-order valence-electron chi connectivity index (χ4n) is 1.55. The van der Waals surface area contributed by atoms with Gasteiger partial charge in [-0.1, -0.05) is 23.7 Å². The zero-order valence-corrected chi connectivity index (χ0v) is 11.1. The molecular weight excluding hydrogens is 284 g/mol. The summed E-state index contributed by atoms with van der Waals surface area (Å²) in [5.74, 6) is -0.119. The van der Waals surface area contributed by atoms with Crippen molar-refractivity contribution in [3.8, 4) is 0 Å². The highest BCUT2D eigenvalue weighted by Gasteiger charge is 2.13. The van der Waals surface area contributed by atoms with Gasteiger partial charge in [0, 0.05) is 5.38 Å². The van der Waals surface area contributed by atoms with Gasteiger partial charge in [0.15, 0.2) is 11.0 Å². The van der Waals surface area contributed by atoms with Crippen molar-refractivity contribution in [1.82, 2.24) is 15.0 Å². The Kier molecular flexibility index (Phi) is 3.10. The smallest absolute Gasteiger partial charge is 0.276 e. The van der Waals surface area contributed by atoms with Crippen molar-refractivity contribution in [3.63, 3.8) is 0 Å². The lowest BCUT2D eigenvalue weighted by molar-refractivity contribution is 0.102. The highest BCUT2D eigenvalue weighted by Crippen LogP contribution is 2.21. The van der Waals surface area contributed by atoms with E-state index in [0.717, 1.165) is 0 Å². The average molecular weight is 291 g/mol. The number of carbonyl (C=O) groups is 1. The summed E-state index contributed by atoms with van der Waals surface area (Å²) in [6.07, 6.45) is 0. The Hall–Kier alpha value is -2.05. The standard InChI is InChI=1S/C12H7ClN4OS/c13-10-11(17-12(18)9-5-19-6-14-9)16-8-4-2-1-3-7(8)15-10/h1-6H,(H,16,17,18). The molecule has 2 heterocycles. The molecule has 0 atom stereocenters. The summed E-state index contributed by atoms with van der Waals surface area (Å²) >= 11 is 7.35. The third-order valence-corrected chi connectivity index (χ3v) is 3.27. The number of carbonyl (C=O) groups excluding carboxylic acids is 1. The summed E-state index contributed by atoms with van der Waals surface area (Å²) in [5.41, 5.74) is 3.26. The van der Waals surface area contributed by atoms with Gasteiger partial charge in [-0.05, 0) is 12.1 Å². The van der Waals surface area contributed by atoms with Crippen molar-refractivity contribution < 1.29 is 4.79 Å². The van der Waals surface area contributed by atoms with Crippen molar-refractivity contribution in [2.24, 2.45) is 0 Å². The van der Waals surface area contributed by atoms with Crippen LogP contribution in [0.4, 0.5) is 5.82 Å². The number of fused-ring (bicyclic) bond motifs is 1. The maximum atomic E-state index is 11.9. The molecule has 0 spiro atoms. The highest BCUT2D eigenvalue weighted by molar-refractivity contribution is 7.07. The summed E-state index contributed by atoms with van der Waals surface area (Å²) in [4.78, 5) is 24.2. The number of para-hydroxylation sites is 2. The minimum atomic E-state index is -0.354. The molecule has 0 aliphatic carbocycles. The van der Waals surface area contributed by atoms with E-state index < -0.39 is 0 Å². The minimum absolute atomic E-state index is 0.155. The van der Waals surface area contributed by atoms with Crippen LogP contribution in [0.1, 0.15) is 10.5 Å². The number of aromatic nitrogens is 3. The molecular formula is C12H7ClN4OS. The first-order chi connectivity index (χ1) is 9.24. The molecule has 94 valence electrons. The van der Waals surface area contributed by atoms with Gasteiger partial charge >= 0.3 is 0 Å². The van der Waals surface area contributed by atoms with E-state index in [1.165, 1.54) is 11.3 Å². The van der Waals surface area contributed by atoms with E-state index in [0.29, 0.717) is 16.7 Å². The number of benzene rings is 1. The SMILES string of the molecule is O=C(Nc1nc2ccccc2nc1Cl)c1cscn1. The summed E-state index contributed by atoms with van der Waals surface area (Å²) < 4.78 is 0. The third-order valence-electron chi connectivity index (χ3n) is 2.42. The Bertz CT molecular complexity index is 745. The quantitative estimate of drug-likeness (QED) is 0.788. The van der Waals surface area contributed by atoms with Gasteiger partial charge in [-0.2, -0.15) is 0 Å². The van der Waals surface area contributed by atoms with E-state index in [-0.39, 0.29) is 16.9 Å². The topological polar surface area (TPSA) is 67.8 Å². The first-order valence-electron chi connectivity index (χ1n) is 5.36. The van der Waals surface area contributed by atoms with Crippen LogP contribution in [0.5, 0.6) is 0 Å². The summed E-state index contributed by atoms with van der Waals surface area (Å²) in [7, 11) is 0. The molecule has 3 aromatic rings. The van der Waals surface area contributed by atoms with Crippen LogP contribution in [0.25, 0.3) is 11.0 Å². The Balaban J connectivity index is 1.96. The zero-order chi connectivity index (χ0) is 13.2. The zero-order valence-electron chi connectivity index (χ0n) is 9.50. The van der Waals surface area contributed by atoms with Crippen LogP contribution in [-0.2, 0) is 0 Å². The van der Waals surface area contributed by atoms with Gasteiger partial charge in [0.1, 0.15) is 5.69 Å². The fraction of sp³-hybridized carbons (Fsp3) is 0. The van der Waals surface area contributed by atoms with Crippen molar-refractivity contribution in [2.75, 3.05) is 5.32 Å². The van der Waals surface area contributed by atoms with Crippen LogP contribution in [0, 0.1) is 0 Å². The molecule has 0 aliphatic rings. The lowest BCUT2D eigenvalue weighted by Crippen LogP contribution is -2.14. The number of amides is 1. The van der Waals surface area contributed by atoms with Crippen LogP contribution >= 0.6 is 22.9 Å². The number of hydrogen-bond donors (Lipinski definition) is 1. The van der Waals surface area contributed by atoms with Gasteiger partial charge in [0.25, 0.3) is 5.91 Å². The molecule has 0 saturated heterocycles. The van der Waals surface area contributed by atoms with Gasteiger partial charge in [-0.25, -0.2) is 15.0 Å². The van der Waals surface area contributed by atoms with Crippen molar-refractivity contribution in [3.05, 3.63) is 46.0 Å². The van der Waals surface area contributed by atoms with Gasteiger partial charge in [-0.3, -0.25) is 4.79 Å². The Labute approximate surface area is 117 Å². The Morgan fingerprint density at radius 3 is 2.63 bits per heavy atom. The van der Waals surface area contributed by atoms with Crippen molar-refractivity contribution in [1.29, 1.82) is 0 Å². The van der Waals surface area contributed by atoms with Gasteiger partial charge in [0.05, 0.1) is 16.5 Å². The molecule has 2 aromatic heterocycles. The maximum Gasteiger partial charge on any atom is 0.276 e.